The fraction of sp³-hybridized carbons (Fsp3) is 0.250. The quantitative estimate of drug-likeness (QED) is 0.346. The summed E-state index contributed by atoms with van der Waals surface area (Å²) in [5.74, 6) is 0.425. The smallest absolute Gasteiger partial charge is 0.278 e. The van der Waals surface area contributed by atoms with E-state index in [9.17, 15) is 13.2 Å². The molecule has 4 aromatic rings. The minimum absolute atomic E-state index is 0.140. The first-order valence-electron chi connectivity index (χ1n) is 11.6. The number of aromatic nitrogens is 5. The van der Waals surface area contributed by atoms with Crippen molar-refractivity contribution in [1.82, 2.24) is 24.3 Å². The summed E-state index contributed by atoms with van der Waals surface area (Å²) >= 11 is 0. The molecule has 1 aromatic carbocycles. The zero-order chi connectivity index (χ0) is 26.2. The summed E-state index contributed by atoms with van der Waals surface area (Å²) in [6, 6.07) is 10.3. The van der Waals surface area contributed by atoms with Crippen LogP contribution in [0.15, 0.2) is 65.1 Å². The molecule has 3 aromatic heterocycles. The molecule has 0 spiro atoms. The van der Waals surface area contributed by atoms with Gasteiger partial charge in [0.2, 0.25) is 5.95 Å². The van der Waals surface area contributed by atoms with E-state index in [1.54, 1.807) is 12.1 Å². The van der Waals surface area contributed by atoms with Gasteiger partial charge in [-0.3, -0.25) is 4.79 Å². The van der Waals surface area contributed by atoms with E-state index >= 15 is 0 Å². The molecule has 13 heteroatoms. The Labute approximate surface area is 213 Å². The van der Waals surface area contributed by atoms with Gasteiger partial charge in [-0.05, 0) is 42.8 Å². The van der Waals surface area contributed by atoms with Crippen LogP contribution in [-0.2, 0) is 21.3 Å². The van der Waals surface area contributed by atoms with Gasteiger partial charge in [-0.25, -0.2) is 32.9 Å². The highest BCUT2D eigenvalue weighted by Crippen LogP contribution is 2.26. The van der Waals surface area contributed by atoms with Gasteiger partial charge < -0.3 is 15.0 Å². The van der Waals surface area contributed by atoms with Crippen LogP contribution in [0.5, 0.6) is 0 Å². The number of nitrogens with one attached hydrogen (secondary N) is 1. The predicted molar refractivity (Wildman–Crippen MR) is 140 cm³/mol. The molecule has 3 N–H and O–H groups in total. The highest BCUT2D eigenvalue weighted by molar-refractivity contribution is 7.89. The Bertz CT molecular complexity index is 1660. The largest absolute Gasteiger partial charge is 0.378 e. The third-order valence-corrected chi connectivity index (χ3v) is 6.81. The molecule has 0 atom stereocenters. The van der Waals surface area contributed by atoms with Crippen molar-refractivity contribution in [3.8, 4) is 5.82 Å². The Hall–Kier alpha value is -4.07. The van der Waals surface area contributed by atoms with Gasteiger partial charge in [0.05, 0.1) is 19.8 Å². The molecule has 0 unspecified atom stereocenters. The number of pyridine rings is 1. The molecular weight excluding hydrogens is 496 g/mol. The number of rotatable bonds is 7. The van der Waals surface area contributed by atoms with Gasteiger partial charge >= 0.3 is 0 Å². The van der Waals surface area contributed by atoms with E-state index in [0.29, 0.717) is 13.2 Å². The number of sulfonamides is 1. The lowest BCUT2D eigenvalue weighted by atomic mass is 10.1. The second-order valence-corrected chi connectivity index (χ2v) is 10.0. The van der Waals surface area contributed by atoms with Gasteiger partial charge in [-0.1, -0.05) is 12.1 Å². The lowest BCUT2D eigenvalue weighted by molar-refractivity contribution is 0.122. The number of aryl methyl sites for hydroxylation is 1. The third-order valence-electron chi connectivity index (χ3n) is 6.00. The lowest BCUT2D eigenvalue weighted by Gasteiger charge is -2.30. The van der Waals surface area contributed by atoms with Gasteiger partial charge in [0, 0.05) is 30.7 Å². The van der Waals surface area contributed by atoms with E-state index in [1.807, 2.05) is 25.1 Å². The van der Waals surface area contributed by atoms with Crippen molar-refractivity contribution in [2.75, 3.05) is 36.5 Å². The van der Waals surface area contributed by atoms with Gasteiger partial charge in [0.25, 0.3) is 15.6 Å². The molecule has 37 heavy (non-hydrogen) atoms. The van der Waals surface area contributed by atoms with E-state index in [1.165, 1.54) is 27.7 Å². The fourth-order valence-corrected chi connectivity index (χ4v) is 4.80. The molecular formula is C24H26N8O4S. The number of benzene rings is 1. The molecule has 0 bridgehead atoms. The van der Waals surface area contributed by atoms with Crippen molar-refractivity contribution in [1.29, 1.82) is 0 Å². The fourth-order valence-electron chi connectivity index (χ4n) is 4.31. The first kappa shape index (κ1) is 24.6. The minimum Gasteiger partial charge on any atom is -0.378 e. The number of fused-ring (bicyclic) bond motifs is 1. The standard InChI is InChI=1S/C24H26N8O4S/c1-3-9-31-23(33)18-15-26-24(27-17-7-8-19(16(2)14-17)30-10-12-36-13-11-30)29-22(18)32(31)20-5-4-6-21(28-20)37(25,34)35/h3-8,14-15H,1,9-13H2,2H3,(H2,25,34,35)(H,26,27,29). The summed E-state index contributed by atoms with van der Waals surface area (Å²) in [4.78, 5) is 28.5. The molecule has 1 aliphatic rings. The summed E-state index contributed by atoms with van der Waals surface area (Å²) < 4.78 is 32.0. The predicted octanol–water partition coefficient (Wildman–Crippen LogP) is 1.70. The van der Waals surface area contributed by atoms with Crippen LogP contribution >= 0.6 is 0 Å². The number of morpholine rings is 1. The summed E-state index contributed by atoms with van der Waals surface area (Å²) in [5, 5.41) is 8.38. The average Bonchev–Trinajstić information content (AvgIpc) is 3.15. The molecule has 5 rings (SSSR count). The van der Waals surface area contributed by atoms with Crippen LogP contribution in [0.1, 0.15) is 5.56 Å². The SMILES string of the molecule is C=CCn1c(=O)c2cnc(Nc3ccc(N4CCOCC4)c(C)c3)nc2n1-c1cccc(S(N)(=O)=O)n1. The Kier molecular flexibility index (Phi) is 6.50. The van der Waals surface area contributed by atoms with E-state index in [2.05, 4.69) is 31.7 Å². The second kappa shape index (κ2) is 9.76. The molecule has 12 nitrogen and oxygen atoms in total. The van der Waals surface area contributed by atoms with E-state index in [-0.39, 0.29) is 39.9 Å². The summed E-state index contributed by atoms with van der Waals surface area (Å²) in [6.45, 7) is 8.98. The summed E-state index contributed by atoms with van der Waals surface area (Å²) in [7, 11) is -4.06. The number of hydrogen-bond donors (Lipinski definition) is 2. The first-order chi connectivity index (χ1) is 17.8. The van der Waals surface area contributed by atoms with Crippen LogP contribution in [-0.4, -0.2) is 59.0 Å². The third kappa shape index (κ3) is 4.83. The Morgan fingerprint density at radius 1 is 1.19 bits per heavy atom. The lowest BCUT2D eigenvalue weighted by Crippen LogP contribution is -2.36. The Morgan fingerprint density at radius 3 is 2.68 bits per heavy atom. The van der Waals surface area contributed by atoms with Crippen molar-refractivity contribution in [2.24, 2.45) is 5.14 Å². The Balaban J connectivity index is 1.56. The minimum atomic E-state index is -4.06. The van der Waals surface area contributed by atoms with Gasteiger partial charge in [-0.15, -0.1) is 6.58 Å². The maximum Gasteiger partial charge on any atom is 0.278 e. The first-order valence-corrected chi connectivity index (χ1v) is 13.1. The molecule has 0 amide bonds. The number of anilines is 3. The van der Waals surface area contributed by atoms with Crippen LogP contribution in [0, 0.1) is 6.92 Å². The maximum atomic E-state index is 13.1. The second-order valence-electron chi connectivity index (χ2n) is 8.52. The topological polar surface area (TPSA) is 150 Å². The van der Waals surface area contributed by atoms with Crippen LogP contribution in [0.3, 0.4) is 0 Å². The maximum absolute atomic E-state index is 13.1. The number of primary sulfonamides is 1. The van der Waals surface area contributed by atoms with Crippen LogP contribution in [0.2, 0.25) is 0 Å². The molecule has 192 valence electrons. The summed E-state index contributed by atoms with van der Waals surface area (Å²) in [5.41, 5.74) is 2.90. The molecule has 0 aliphatic carbocycles. The molecule has 4 heterocycles. The normalized spacial score (nSPS) is 14.2. The van der Waals surface area contributed by atoms with Crippen LogP contribution in [0.25, 0.3) is 16.9 Å². The molecule has 0 radical (unpaired) electrons. The van der Waals surface area contributed by atoms with Crippen molar-refractivity contribution in [2.45, 2.75) is 18.5 Å². The van der Waals surface area contributed by atoms with Gasteiger partial charge in [-0.2, -0.15) is 4.98 Å². The number of ether oxygens (including phenoxy) is 1. The monoisotopic (exact) mass is 522 g/mol. The van der Waals surface area contributed by atoms with Gasteiger partial charge in [0.15, 0.2) is 16.5 Å². The van der Waals surface area contributed by atoms with E-state index < -0.39 is 10.0 Å². The highest BCUT2D eigenvalue weighted by Gasteiger charge is 2.20. The van der Waals surface area contributed by atoms with Crippen molar-refractivity contribution in [3.05, 3.63) is 71.2 Å². The van der Waals surface area contributed by atoms with Crippen molar-refractivity contribution in [3.63, 3.8) is 0 Å². The van der Waals surface area contributed by atoms with E-state index in [0.717, 1.165) is 30.0 Å². The van der Waals surface area contributed by atoms with Crippen molar-refractivity contribution < 1.29 is 13.2 Å². The van der Waals surface area contributed by atoms with E-state index in [4.69, 9.17) is 9.88 Å². The molecule has 1 saturated heterocycles. The zero-order valence-corrected chi connectivity index (χ0v) is 21.0. The van der Waals surface area contributed by atoms with Crippen LogP contribution in [0.4, 0.5) is 17.3 Å². The molecule has 0 saturated carbocycles. The van der Waals surface area contributed by atoms with Crippen molar-refractivity contribution >= 4 is 38.4 Å². The number of hydrogen-bond acceptors (Lipinski definition) is 9. The number of nitrogens with two attached hydrogens (primary N) is 1. The van der Waals surface area contributed by atoms with Gasteiger partial charge in [0.1, 0.15) is 5.39 Å². The molecule has 1 fully saturated rings. The number of nitrogens with zero attached hydrogens (tertiary/aromatic N) is 6. The highest BCUT2D eigenvalue weighted by atomic mass is 32.2. The zero-order valence-electron chi connectivity index (χ0n) is 20.2. The van der Waals surface area contributed by atoms with Crippen LogP contribution < -0.4 is 20.9 Å². The Morgan fingerprint density at radius 2 is 1.97 bits per heavy atom. The molecule has 1 aliphatic heterocycles. The number of allylic oxidation sites excluding steroid dienone is 1. The average molecular weight is 523 g/mol. The summed E-state index contributed by atoms with van der Waals surface area (Å²) in [6.07, 6.45) is 2.98.